The second-order valence-corrected chi connectivity index (χ2v) is 5.52. The van der Waals surface area contributed by atoms with Crippen LogP contribution in [-0.4, -0.2) is 43.5 Å². The molecule has 0 unspecified atom stereocenters. The molecule has 2 rings (SSSR count). The Bertz CT molecular complexity index is 491. The summed E-state index contributed by atoms with van der Waals surface area (Å²) in [6.45, 7) is 1.76. The van der Waals surface area contributed by atoms with Crippen LogP contribution in [0.3, 0.4) is 0 Å². The van der Waals surface area contributed by atoms with Crippen LogP contribution >= 0.6 is 0 Å². The fourth-order valence-electron chi connectivity index (χ4n) is 2.74. The third-order valence-corrected chi connectivity index (χ3v) is 4.00. The van der Waals surface area contributed by atoms with E-state index in [0.29, 0.717) is 11.5 Å². The lowest BCUT2D eigenvalue weighted by Crippen LogP contribution is -2.40. The quantitative estimate of drug-likeness (QED) is 0.886. The van der Waals surface area contributed by atoms with Crippen molar-refractivity contribution < 1.29 is 14.3 Å². The molecule has 0 atom stereocenters. The Balaban J connectivity index is 1.83. The third kappa shape index (κ3) is 4.29. The minimum atomic E-state index is -0.397. The number of primary amides is 1. The molecule has 1 fully saturated rings. The summed E-state index contributed by atoms with van der Waals surface area (Å²) in [6.07, 6.45) is 2.99. The Morgan fingerprint density at radius 1 is 1.24 bits per heavy atom. The number of carbonyl (C=O) groups excluding carboxylic acids is 2. The molecule has 5 heteroatoms. The number of ether oxygens (including phenoxy) is 1. The lowest BCUT2D eigenvalue weighted by atomic mass is 9.90. The molecular formula is C16H22N2O3. The highest BCUT2D eigenvalue weighted by atomic mass is 16.5. The molecule has 1 aromatic carbocycles. The summed E-state index contributed by atoms with van der Waals surface area (Å²) in [5.74, 6) is 0.254. The second-order valence-electron chi connectivity index (χ2n) is 5.52. The fourth-order valence-corrected chi connectivity index (χ4v) is 2.74. The molecule has 0 radical (unpaired) electrons. The molecule has 1 aliphatic rings. The molecular weight excluding hydrogens is 268 g/mol. The fraction of sp³-hybridized carbons (Fsp3) is 0.500. The molecule has 0 spiro atoms. The van der Waals surface area contributed by atoms with Crippen LogP contribution in [-0.2, 0) is 16.0 Å². The van der Waals surface area contributed by atoms with Crippen LogP contribution in [0.5, 0.6) is 0 Å². The highest BCUT2D eigenvalue weighted by Gasteiger charge is 2.22. The van der Waals surface area contributed by atoms with E-state index in [-0.39, 0.29) is 12.5 Å². The first-order valence-electron chi connectivity index (χ1n) is 7.25. The molecule has 0 saturated carbocycles. The van der Waals surface area contributed by atoms with Crippen molar-refractivity contribution in [2.24, 2.45) is 11.7 Å². The number of rotatable bonds is 5. The molecule has 0 aromatic heterocycles. The number of likely N-dealkylation sites (tertiary alicyclic amines) is 1. The van der Waals surface area contributed by atoms with Gasteiger partial charge in [-0.15, -0.1) is 0 Å². The summed E-state index contributed by atoms with van der Waals surface area (Å²) in [5, 5.41) is 0. The van der Waals surface area contributed by atoms with Crippen molar-refractivity contribution in [3.05, 3.63) is 35.4 Å². The topological polar surface area (TPSA) is 72.6 Å². The number of methoxy groups -OCH3 is 1. The molecule has 0 bridgehead atoms. The van der Waals surface area contributed by atoms with Gasteiger partial charge < -0.3 is 15.4 Å². The highest BCUT2D eigenvalue weighted by Crippen LogP contribution is 2.22. The van der Waals surface area contributed by atoms with Crippen molar-refractivity contribution in [3.8, 4) is 0 Å². The van der Waals surface area contributed by atoms with Gasteiger partial charge in [-0.2, -0.15) is 0 Å². The van der Waals surface area contributed by atoms with Crippen molar-refractivity contribution in [3.63, 3.8) is 0 Å². The van der Waals surface area contributed by atoms with Gasteiger partial charge in [0.2, 0.25) is 11.8 Å². The molecule has 2 amide bonds. The van der Waals surface area contributed by atoms with Crippen molar-refractivity contribution in [2.45, 2.75) is 19.3 Å². The molecule has 1 saturated heterocycles. The van der Waals surface area contributed by atoms with E-state index in [2.05, 4.69) is 0 Å². The summed E-state index contributed by atoms with van der Waals surface area (Å²) < 4.78 is 4.88. The van der Waals surface area contributed by atoms with Gasteiger partial charge in [0.05, 0.1) is 0 Å². The minimum absolute atomic E-state index is 0.0711. The first-order chi connectivity index (χ1) is 10.1. The lowest BCUT2D eigenvalue weighted by molar-refractivity contribution is -0.136. The van der Waals surface area contributed by atoms with Crippen LogP contribution in [0.4, 0.5) is 0 Å². The molecule has 1 heterocycles. The van der Waals surface area contributed by atoms with E-state index < -0.39 is 5.91 Å². The molecule has 2 N–H and O–H groups in total. The monoisotopic (exact) mass is 290 g/mol. The van der Waals surface area contributed by atoms with E-state index in [1.54, 1.807) is 19.2 Å². The van der Waals surface area contributed by atoms with Gasteiger partial charge in [-0.05, 0) is 42.9 Å². The Labute approximate surface area is 125 Å². The zero-order chi connectivity index (χ0) is 15.2. The Morgan fingerprint density at radius 3 is 2.38 bits per heavy atom. The molecule has 5 nitrogen and oxygen atoms in total. The second kappa shape index (κ2) is 7.22. The van der Waals surface area contributed by atoms with Crippen molar-refractivity contribution in [1.29, 1.82) is 0 Å². The van der Waals surface area contributed by atoms with E-state index in [0.717, 1.165) is 32.4 Å². The van der Waals surface area contributed by atoms with E-state index in [1.807, 2.05) is 17.0 Å². The average Bonchev–Trinajstić information content (AvgIpc) is 2.49. The molecule has 0 aliphatic carbocycles. The SMILES string of the molecule is COCC(=O)N1CCC(Cc2ccc(C(N)=O)cc2)CC1. The van der Waals surface area contributed by atoms with Gasteiger partial charge in [0, 0.05) is 25.8 Å². The Morgan fingerprint density at radius 2 is 1.86 bits per heavy atom. The maximum atomic E-state index is 11.7. The summed E-state index contributed by atoms with van der Waals surface area (Å²) in [5.41, 5.74) is 6.98. The molecule has 1 aromatic rings. The predicted molar refractivity (Wildman–Crippen MR) is 79.8 cm³/mol. The van der Waals surface area contributed by atoms with Crippen LogP contribution < -0.4 is 5.73 Å². The number of hydrogen-bond acceptors (Lipinski definition) is 3. The van der Waals surface area contributed by atoms with Gasteiger partial charge in [-0.3, -0.25) is 9.59 Å². The van der Waals surface area contributed by atoms with Crippen molar-refractivity contribution in [1.82, 2.24) is 4.90 Å². The predicted octanol–water partition coefficient (Wildman–Crippen LogP) is 1.21. The van der Waals surface area contributed by atoms with Gasteiger partial charge in [-0.25, -0.2) is 0 Å². The Hall–Kier alpha value is -1.88. The highest BCUT2D eigenvalue weighted by molar-refractivity contribution is 5.92. The van der Waals surface area contributed by atoms with Gasteiger partial charge in [0.25, 0.3) is 0 Å². The van der Waals surface area contributed by atoms with Crippen LogP contribution in [0.25, 0.3) is 0 Å². The van der Waals surface area contributed by atoms with Gasteiger partial charge >= 0.3 is 0 Å². The number of hydrogen-bond donors (Lipinski definition) is 1. The Kier molecular flexibility index (Phi) is 5.33. The number of piperidine rings is 1. The van der Waals surface area contributed by atoms with E-state index in [1.165, 1.54) is 5.56 Å². The third-order valence-electron chi connectivity index (χ3n) is 4.00. The van der Waals surface area contributed by atoms with E-state index >= 15 is 0 Å². The zero-order valence-electron chi connectivity index (χ0n) is 12.4. The molecule has 114 valence electrons. The summed E-state index contributed by atoms with van der Waals surface area (Å²) >= 11 is 0. The number of nitrogens with two attached hydrogens (primary N) is 1. The smallest absolute Gasteiger partial charge is 0.248 e. The maximum absolute atomic E-state index is 11.7. The van der Waals surface area contributed by atoms with Gasteiger partial charge in [0.15, 0.2) is 0 Å². The van der Waals surface area contributed by atoms with Crippen molar-refractivity contribution in [2.75, 3.05) is 26.8 Å². The van der Waals surface area contributed by atoms with E-state index in [9.17, 15) is 9.59 Å². The molecule has 21 heavy (non-hydrogen) atoms. The van der Waals surface area contributed by atoms with E-state index in [4.69, 9.17) is 10.5 Å². The van der Waals surface area contributed by atoms with Crippen LogP contribution in [0, 0.1) is 5.92 Å². The summed E-state index contributed by atoms with van der Waals surface area (Å²) in [4.78, 5) is 24.6. The summed E-state index contributed by atoms with van der Waals surface area (Å²) in [6, 6.07) is 7.47. The minimum Gasteiger partial charge on any atom is -0.375 e. The van der Waals surface area contributed by atoms with Gasteiger partial charge in [-0.1, -0.05) is 12.1 Å². The van der Waals surface area contributed by atoms with Gasteiger partial charge in [0.1, 0.15) is 6.61 Å². The number of amides is 2. The van der Waals surface area contributed by atoms with Crippen LogP contribution in [0.2, 0.25) is 0 Å². The lowest BCUT2D eigenvalue weighted by Gasteiger charge is -2.32. The normalized spacial score (nSPS) is 16.0. The maximum Gasteiger partial charge on any atom is 0.248 e. The number of nitrogens with zero attached hydrogens (tertiary/aromatic N) is 1. The van der Waals surface area contributed by atoms with Crippen molar-refractivity contribution >= 4 is 11.8 Å². The summed E-state index contributed by atoms with van der Waals surface area (Å²) in [7, 11) is 1.54. The molecule has 1 aliphatic heterocycles. The first kappa shape index (κ1) is 15.5. The van der Waals surface area contributed by atoms with Crippen LogP contribution in [0.15, 0.2) is 24.3 Å². The largest absolute Gasteiger partial charge is 0.375 e. The zero-order valence-corrected chi connectivity index (χ0v) is 12.4. The number of benzene rings is 1. The van der Waals surface area contributed by atoms with Crippen LogP contribution in [0.1, 0.15) is 28.8 Å². The standard InChI is InChI=1S/C16H22N2O3/c1-21-11-15(19)18-8-6-13(7-9-18)10-12-2-4-14(5-3-12)16(17)20/h2-5,13H,6-11H2,1H3,(H2,17,20). The average molecular weight is 290 g/mol. The number of carbonyl (C=O) groups is 2. The first-order valence-corrected chi connectivity index (χ1v) is 7.25.